The molecule has 2 aromatic rings. The Morgan fingerprint density at radius 3 is 2.65 bits per heavy atom. The second-order valence-corrected chi connectivity index (χ2v) is 6.89. The fourth-order valence-corrected chi connectivity index (χ4v) is 3.14. The second kappa shape index (κ2) is 9.50. The van der Waals surface area contributed by atoms with Crippen LogP contribution in [0.5, 0.6) is 5.75 Å². The number of hydrogen-bond acceptors (Lipinski definition) is 4. The third-order valence-electron chi connectivity index (χ3n) is 3.94. The lowest BCUT2D eigenvalue weighted by Gasteiger charge is -2.16. The molecule has 0 fully saturated rings. The molecule has 0 aliphatic heterocycles. The van der Waals surface area contributed by atoms with Crippen LogP contribution in [-0.2, 0) is 11.2 Å². The molecular weight excluding hydrogens is 374 g/mol. The first kappa shape index (κ1) is 20.1. The minimum atomic E-state index is -0.986. The third-order valence-corrected chi connectivity index (χ3v) is 4.99. The highest BCUT2D eigenvalue weighted by Gasteiger charge is 2.21. The van der Waals surface area contributed by atoms with E-state index in [0.29, 0.717) is 16.3 Å². The molecule has 2 rings (SSSR count). The smallest absolute Gasteiger partial charge is 0.308 e. The summed E-state index contributed by atoms with van der Waals surface area (Å²) < 4.78 is 5.26. The zero-order valence-corrected chi connectivity index (χ0v) is 16.1. The highest BCUT2D eigenvalue weighted by Crippen LogP contribution is 2.24. The predicted octanol–water partition coefficient (Wildman–Crippen LogP) is 3.74. The van der Waals surface area contributed by atoms with Crippen molar-refractivity contribution in [3.05, 3.63) is 58.6 Å². The minimum Gasteiger partial charge on any atom is -0.496 e. The van der Waals surface area contributed by atoms with Gasteiger partial charge in [0, 0.05) is 11.4 Å². The molecule has 0 bridgehead atoms. The Morgan fingerprint density at radius 2 is 2.00 bits per heavy atom. The maximum absolute atomic E-state index is 12.4. The quantitative estimate of drug-likeness (QED) is 0.668. The van der Waals surface area contributed by atoms with E-state index in [2.05, 4.69) is 5.32 Å². The number of para-hydroxylation sites is 1. The summed E-state index contributed by atoms with van der Waals surface area (Å²) in [7, 11) is 1.54. The zero-order chi connectivity index (χ0) is 19.1. The van der Waals surface area contributed by atoms with E-state index in [-0.39, 0.29) is 13.0 Å². The van der Waals surface area contributed by atoms with Crippen LogP contribution in [0.25, 0.3) is 0 Å². The van der Waals surface area contributed by atoms with Gasteiger partial charge in [0.25, 0.3) is 5.91 Å². The number of hydrogen-bond donors (Lipinski definition) is 2. The van der Waals surface area contributed by atoms with Crippen LogP contribution in [0.4, 0.5) is 0 Å². The third kappa shape index (κ3) is 5.16. The van der Waals surface area contributed by atoms with Gasteiger partial charge in [0.05, 0.1) is 23.6 Å². The number of halogens is 1. The Balaban J connectivity index is 2.09. The topological polar surface area (TPSA) is 75.6 Å². The zero-order valence-electron chi connectivity index (χ0n) is 14.5. The molecule has 0 aromatic heterocycles. The fourth-order valence-electron chi connectivity index (χ4n) is 2.50. The molecule has 0 saturated heterocycles. The van der Waals surface area contributed by atoms with Crippen molar-refractivity contribution in [1.29, 1.82) is 0 Å². The minimum absolute atomic E-state index is 0.00790. The summed E-state index contributed by atoms with van der Waals surface area (Å²) in [6.45, 7) is -0.00790. The molecule has 26 heavy (non-hydrogen) atoms. The Morgan fingerprint density at radius 1 is 1.27 bits per heavy atom. The number of thioether (sulfide) groups is 1. The van der Waals surface area contributed by atoms with E-state index in [1.807, 2.05) is 30.5 Å². The summed E-state index contributed by atoms with van der Waals surface area (Å²) in [5.41, 5.74) is 1.11. The van der Waals surface area contributed by atoms with Crippen LogP contribution in [0, 0.1) is 5.92 Å². The number of carboxylic acid groups (broad SMARTS) is 1. The van der Waals surface area contributed by atoms with Crippen LogP contribution in [-0.4, -0.2) is 36.9 Å². The van der Waals surface area contributed by atoms with Gasteiger partial charge in [-0.1, -0.05) is 29.8 Å². The van der Waals surface area contributed by atoms with Crippen molar-refractivity contribution in [2.75, 3.05) is 19.9 Å². The number of nitrogens with one attached hydrogen (secondary N) is 1. The molecule has 1 unspecified atom stereocenters. The van der Waals surface area contributed by atoms with Gasteiger partial charge in [-0.25, -0.2) is 0 Å². The van der Waals surface area contributed by atoms with Crippen molar-refractivity contribution < 1.29 is 19.4 Å². The van der Waals surface area contributed by atoms with E-state index in [1.54, 1.807) is 18.2 Å². The average molecular weight is 394 g/mol. The van der Waals surface area contributed by atoms with Gasteiger partial charge in [-0.3, -0.25) is 9.59 Å². The summed E-state index contributed by atoms with van der Waals surface area (Å²) >= 11 is 7.59. The summed E-state index contributed by atoms with van der Waals surface area (Å²) in [6.07, 6.45) is 2.15. The first-order valence-electron chi connectivity index (χ1n) is 7.92. The van der Waals surface area contributed by atoms with E-state index in [4.69, 9.17) is 16.3 Å². The number of rotatable bonds is 8. The molecular formula is C19H20ClNO4S. The fraction of sp³-hybridized carbons (Fsp3) is 0.263. The number of aliphatic carboxylic acids is 1. The maximum atomic E-state index is 12.4. The normalized spacial score (nSPS) is 11.7. The van der Waals surface area contributed by atoms with Crippen molar-refractivity contribution in [3.8, 4) is 5.75 Å². The molecule has 5 nitrogen and oxygen atoms in total. The summed E-state index contributed by atoms with van der Waals surface area (Å²) in [4.78, 5) is 24.9. The van der Waals surface area contributed by atoms with E-state index in [0.717, 1.165) is 10.5 Å². The van der Waals surface area contributed by atoms with Gasteiger partial charge in [-0.15, -0.1) is 11.8 Å². The molecule has 2 aromatic carbocycles. The van der Waals surface area contributed by atoms with Crippen LogP contribution < -0.4 is 10.1 Å². The van der Waals surface area contributed by atoms with E-state index < -0.39 is 17.8 Å². The van der Waals surface area contributed by atoms with Crippen molar-refractivity contribution in [3.63, 3.8) is 0 Å². The van der Waals surface area contributed by atoms with Crippen molar-refractivity contribution in [2.45, 2.75) is 11.3 Å². The molecule has 0 aliphatic rings. The standard InChI is InChI=1S/C19H20ClNO4S/c1-25-17-6-4-3-5-12(17)9-13(19(23)24)11-21-18(22)15-10-14(26-2)7-8-16(15)20/h3-8,10,13H,9,11H2,1-2H3,(H,21,22)(H,23,24). The summed E-state index contributed by atoms with van der Waals surface area (Å²) in [5.74, 6) is -1.53. The van der Waals surface area contributed by atoms with Gasteiger partial charge in [-0.05, 0) is 42.5 Å². The van der Waals surface area contributed by atoms with Crippen molar-refractivity contribution in [1.82, 2.24) is 5.32 Å². The number of carboxylic acids is 1. The monoisotopic (exact) mass is 393 g/mol. The molecule has 0 heterocycles. The Hall–Kier alpha value is -2.18. The summed E-state index contributed by atoms with van der Waals surface area (Å²) in [6, 6.07) is 12.4. The maximum Gasteiger partial charge on any atom is 0.308 e. The number of carbonyl (C=O) groups is 2. The Bertz CT molecular complexity index is 797. The van der Waals surface area contributed by atoms with Gasteiger partial charge in [-0.2, -0.15) is 0 Å². The number of amides is 1. The molecule has 0 spiro atoms. The van der Waals surface area contributed by atoms with E-state index in [9.17, 15) is 14.7 Å². The average Bonchev–Trinajstić information content (AvgIpc) is 2.65. The van der Waals surface area contributed by atoms with Crippen LogP contribution in [0.1, 0.15) is 15.9 Å². The molecule has 0 radical (unpaired) electrons. The molecule has 138 valence electrons. The van der Waals surface area contributed by atoms with E-state index in [1.165, 1.54) is 18.9 Å². The lowest BCUT2D eigenvalue weighted by Crippen LogP contribution is -2.34. The Kier molecular flexibility index (Phi) is 7.36. The SMILES string of the molecule is COc1ccccc1CC(CNC(=O)c1cc(SC)ccc1Cl)C(=O)O. The first-order chi connectivity index (χ1) is 12.5. The lowest BCUT2D eigenvalue weighted by atomic mass is 9.98. The molecule has 1 amide bonds. The number of ether oxygens (including phenoxy) is 1. The first-order valence-corrected chi connectivity index (χ1v) is 9.53. The van der Waals surface area contributed by atoms with Crippen LogP contribution in [0.2, 0.25) is 5.02 Å². The molecule has 0 aliphatic carbocycles. The van der Waals surface area contributed by atoms with E-state index >= 15 is 0 Å². The molecule has 7 heteroatoms. The van der Waals surface area contributed by atoms with Gasteiger partial charge in [0.2, 0.25) is 0 Å². The molecule has 0 saturated carbocycles. The lowest BCUT2D eigenvalue weighted by molar-refractivity contribution is -0.141. The predicted molar refractivity (Wildman–Crippen MR) is 103 cm³/mol. The van der Waals surface area contributed by atoms with Crippen LogP contribution in [0.15, 0.2) is 47.4 Å². The molecule has 1 atom stereocenters. The summed E-state index contributed by atoms with van der Waals surface area (Å²) in [5, 5.41) is 12.5. The highest BCUT2D eigenvalue weighted by molar-refractivity contribution is 7.98. The Labute approximate surface area is 161 Å². The second-order valence-electron chi connectivity index (χ2n) is 5.61. The van der Waals surface area contributed by atoms with Crippen molar-refractivity contribution >= 4 is 35.2 Å². The number of carbonyl (C=O) groups excluding carboxylic acids is 1. The number of benzene rings is 2. The number of methoxy groups -OCH3 is 1. The van der Waals surface area contributed by atoms with Gasteiger partial charge in [0.1, 0.15) is 5.75 Å². The molecule has 2 N–H and O–H groups in total. The van der Waals surface area contributed by atoms with Gasteiger partial charge < -0.3 is 15.2 Å². The largest absolute Gasteiger partial charge is 0.496 e. The van der Waals surface area contributed by atoms with Gasteiger partial charge >= 0.3 is 5.97 Å². The van der Waals surface area contributed by atoms with Crippen LogP contribution >= 0.6 is 23.4 Å². The van der Waals surface area contributed by atoms with Crippen molar-refractivity contribution in [2.24, 2.45) is 5.92 Å². The van der Waals surface area contributed by atoms with Crippen LogP contribution in [0.3, 0.4) is 0 Å². The van der Waals surface area contributed by atoms with Gasteiger partial charge in [0.15, 0.2) is 0 Å². The highest BCUT2D eigenvalue weighted by atomic mass is 35.5.